The molecule has 0 saturated carbocycles. The van der Waals surface area contributed by atoms with Crippen LogP contribution in [0.2, 0.25) is 0 Å². The number of aryl methyl sites for hydroxylation is 1. The zero-order valence-corrected chi connectivity index (χ0v) is 25.0. The van der Waals surface area contributed by atoms with Crippen LogP contribution in [0.1, 0.15) is 16.7 Å². The van der Waals surface area contributed by atoms with Gasteiger partial charge in [0.2, 0.25) is 0 Å². The van der Waals surface area contributed by atoms with Crippen molar-refractivity contribution in [1.82, 2.24) is 19.5 Å². The molecular formula is C34H24BrFN7O+. The molecule has 0 radical (unpaired) electrons. The number of aromatic nitrogens is 5. The maximum absolute atomic E-state index is 14.9. The zero-order valence-electron chi connectivity index (χ0n) is 23.4. The molecule has 44 heavy (non-hydrogen) atoms. The van der Waals surface area contributed by atoms with Crippen molar-refractivity contribution in [2.24, 2.45) is 0 Å². The summed E-state index contributed by atoms with van der Waals surface area (Å²) in [6.45, 7) is 1.94. The van der Waals surface area contributed by atoms with E-state index in [0.717, 1.165) is 28.1 Å². The van der Waals surface area contributed by atoms with Gasteiger partial charge in [-0.25, -0.2) is 14.4 Å². The van der Waals surface area contributed by atoms with Gasteiger partial charge in [-0.05, 0) is 93.6 Å². The Hall–Kier alpha value is -5.48. The molecule has 0 spiro atoms. The van der Waals surface area contributed by atoms with E-state index in [1.54, 1.807) is 18.5 Å². The fourth-order valence-corrected chi connectivity index (χ4v) is 5.33. The van der Waals surface area contributed by atoms with Crippen molar-refractivity contribution in [3.05, 3.63) is 143 Å². The molecule has 4 aromatic carbocycles. The molecule has 0 amide bonds. The number of fused-ring (bicyclic) bond motifs is 2. The van der Waals surface area contributed by atoms with Gasteiger partial charge >= 0.3 is 6.33 Å². The minimum atomic E-state index is -0.418. The van der Waals surface area contributed by atoms with E-state index in [1.165, 1.54) is 6.33 Å². The zero-order chi connectivity index (χ0) is 30.2. The lowest BCUT2D eigenvalue weighted by atomic mass is 10.0. The third-order valence-corrected chi connectivity index (χ3v) is 7.87. The number of nitrogens with zero attached hydrogens (tertiary/aromatic N) is 5. The highest BCUT2D eigenvalue weighted by Gasteiger charge is 2.16. The van der Waals surface area contributed by atoms with Crippen molar-refractivity contribution in [1.29, 1.82) is 5.41 Å². The van der Waals surface area contributed by atoms with Crippen molar-refractivity contribution in [2.45, 2.75) is 6.92 Å². The van der Waals surface area contributed by atoms with Gasteiger partial charge in [0.15, 0.2) is 11.5 Å². The van der Waals surface area contributed by atoms with Crippen molar-refractivity contribution >= 4 is 49.7 Å². The van der Waals surface area contributed by atoms with Gasteiger partial charge in [-0.1, -0.05) is 30.3 Å². The first-order chi connectivity index (χ1) is 21.4. The third kappa shape index (κ3) is 5.16. The van der Waals surface area contributed by atoms with Crippen molar-refractivity contribution in [2.75, 3.05) is 5.32 Å². The number of ether oxygens (including phenoxy) is 1. The molecule has 7 aromatic rings. The molecule has 3 heterocycles. The average Bonchev–Trinajstić information content (AvgIpc) is 3.48. The Labute approximate surface area is 260 Å². The summed E-state index contributed by atoms with van der Waals surface area (Å²) in [5.74, 6) is 1.28. The monoisotopic (exact) mass is 644 g/mol. The van der Waals surface area contributed by atoms with E-state index in [4.69, 9.17) is 10.1 Å². The summed E-state index contributed by atoms with van der Waals surface area (Å²) in [5, 5.41) is 12.0. The van der Waals surface area contributed by atoms with Crippen molar-refractivity contribution in [3.63, 3.8) is 0 Å². The first-order valence-electron chi connectivity index (χ1n) is 13.7. The molecule has 0 bridgehead atoms. The van der Waals surface area contributed by atoms with E-state index in [2.05, 4.69) is 36.2 Å². The average molecular weight is 646 g/mol. The van der Waals surface area contributed by atoms with Crippen molar-refractivity contribution in [3.8, 4) is 17.2 Å². The van der Waals surface area contributed by atoms with Gasteiger partial charge in [0.05, 0.1) is 33.4 Å². The number of hydrogen-bond donors (Lipinski definition) is 2. The standard InChI is InChI=1S/C34H24BrFN7O/c1-21-17-24(41-34-31-28(38-19-39-34)13-12-27(35)32(31)36)9-14-29(21)44-26-15-16-42-30(18-26)40-20-43(42)25-10-7-23(8-11-25)33(37)22-5-3-2-4-6-22/h2-20,37H,1H3,(H,38,39,41)/q+1. The van der Waals surface area contributed by atoms with Crippen molar-refractivity contribution < 1.29 is 13.8 Å². The second-order valence-electron chi connectivity index (χ2n) is 10.1. The molecule has 0 unspecified atom stereocenters. The van der Waals surface area contributed by atoms with Gasteiger partial charge in [-0.2, -0.15) is 0 Å². The van der Waals surface area contributed by atoms with Crippen LogP contribution >= 0.6 is 15.9 Å². The summed E-state index contributed by atoms with van der Waals surface area (Å²) in [7, 11) is 0. The molecule has 3 aromatic heterocycles. The van der Waals surface area contributed by atoms with Gasteiger partial charge in [0.25, 0.3) is 5.65 Å². The topological polar surface area (TPSA) is 92.1 Å². The van der Waals surface area contributed by atoms with Crippen LogP contribution in [0.25, 0.3) is 22.2 Å². The first-order valence-corrected chi connectivity index (χ1v) is 14.5. The van der Waals surface area contributed by atoms with Gasteiger partial charge < -0.3 is 10.1 Å². The van der Waals surface area contributed by atoms with Crippen LogP contribution in [0.5, 0.6) is 11.5 Å². The third-order valence-electron chi connectivity index (χ3n) is 7.26. The number of hydrogen-bond acceptors (Lipinski definition) is 6. The van der Waals surface area contributed by atoms with Crippen LogP contribution in [0.3, 0.4) is 0 Å². The molecule has 0 aliphatic carbocycles. The van der Waals surface area contributed by atoms with Gasteiger partial charge in [-0.15, -0.1) is 9.20 Å². The Morgan fingerprint density at radius 3 is 2.50 bits per heavy atom. The minimum absolute atomic E-state index is 0.313. The highest BCUT2D eigenvalue weighted by Crippen LogP contribution is 2.32. The number of pyridine rings is 1. The van der Waals surface area contributed by atoms with Crippen LogP contribution in [0, 0.1) is 18.2 Å². The molecule has 10 heteroatoms. The van der Waals surface area contributed by atoms with Crippen LogP contribution in [0.15, 0.2) is 120 Å². The van der Waals surface area contributed by atoms with E-state index in [1.807, 2.05) is 107 Å². The lowest BCUT2D eigenvalue weighted by Gasteiger charge is -2.13. The van der Waals surface area contributed by atoms with E-state index in [0.29, 0.717) is 44.1 Å². The summed E-state index contributed by atoms with van der Waals surface area (Å²) in [6.07, 6.45) is 5.06. The first kappa shape index (κ1) is 27.4. The molecule has 0 saturated heterocycles. The molecule has 2 N–H and O–H groups in total. The lowest BCUT2D eigenvalue weighted by molar-refractivity contribution is -0.668. The maximum Gasteiger partial charge on any atom is 0.313 e. The van der Waals surface area contributed by atoms with E-state index in [-0.39, 0.29) is 0 Å². The van der Waals surface area contributed by atoms with Crippen LogP contribution in [0.4, 0.5) is 15.9 Å². The second kappa shape index (κ2) is 11.3. The minimum Gasteiger partial charge on any atom is -0.457 e. The fourth-order valence-electron chi connectivity index (χ4n) is 5.00. The molecule has 0 aliphatic heterocycles. The highest BCUT2D eigenvalue weighted by atomic mass is 79.9. The predicted molar refractivity (Wildman–Crippen MR) is 171 cm³/mol. The van der Waals surface area contributed by atoms with Crippen LogP contribution in [-0.4, -0.2) is 25.2 Å². The van der Waals surface area contributed by atoms with E-state index < -0.39 is 5.82 Å². The molecular weight excluding hydrogens is 621 g/mol. The molecule has 0 fully saturated rings. The Bertz CT molecular complexity index is 2180. The predicted octanol–water partition coefficient (Wildman–Crippen LogP) is 7.72. The van der Waals surface area contributed by atoms with E-state index in [9.17, 15) is 4.39 Å². The fraction of sp³-hybridized carbons (Fsp3) is 0.0294. The maximum atomic E-state index is 14.9. The number of anilines is 2. The smallest absolute Gasteiger partial charge is 0.313 e. The summed E-state index contributed by atoms with van der Waals surface area (Å²) in [5.41, 5.74) is 5.95. The number of rotatable bonds is 7. The quantitative estimate of drug-likeness (QED) is 0.137. The summed E-state index contributed by atoms with van der Waals surface area (Å²) in [4.78, 5) is 13.0. The number of nitrogens with one attached hydrogen (secondary N) is 2. The summed E-state index contributed by atoms with van der Waals surface area (Å²) < 4.78 is 25.3. The van der Waals surface area contributed by atoms with Crippen LogP contribution in [-0.2, 0) is 0 Å². The summed E-state index contributed by atoms with van der Waals surface area (Å²) >= 11 is 3.24. The Balaban J connectivity index is 1.09. The molecule has 7 rings (SSSR count). The Morgan fingerprint density at radius 1 is 0.909 bits per heavy atom. The second-order valence-corrected chi connectivity index (χ2v) is 11.0. The van der Waals surface area contributed by atoms with E-state index >= 15 is 0 Å². The molecule has 214 valence electrons. The number of benzene rings is 4. The van der Waals surface area contributed by atoms with Gasteiger partial charge in [0, 0.05) is 17.3 Å². The molecule has 0 atom stereocenters. The SMILES string of the molecule is Cc1cc(Nc2ncnc3ccc(Br)c(F)c23)ccc1Oc1ccn2c(c1)nc[n+]2-c1ccc(C(=N)c2ccccc2)cc1. The largest absolute Gasteiger partial charge is 0.457 e. The Morgan fingerprint density at radius 2 is 1.70 bits per heavy atom. The summed E-state index contributed by atoms with van der Waals surface area (Å²) in [6, 6.07) is 30.3. The molecule has 8 nitrogen and oxygen atoms in total. The molecule has 0 aliphatic rings. The highest BCUT2D eigenvalue weighted by molar-refractivity contribution is 9.10. The normalized spacial score (nSPS) is 11.2. The number of halogens is 2. The van der Waals surface area contributed by atoms with Crippen LogP contribution < -0.4 is 14.7 Å². The Kier molecular flexibility index (Phi) is 7.03. The van der Waals surface area contributed by atoms with Gasteiger partial charge in [0.1, 0.15) is 23.6 Å². The lowest BCUT2D eigenvalue weighted by Crippen LogP contribution is -2.35. The van der Waals surface area contributed by atoms with Gasteiger partial charge in [-0.3, -0.25) is 5.41 Å².